The van der Waals surface area contributed by atoms with Crippen LogP contribution in [0.15, 0.2) is 71.3 Å². The fraction of sp³-hybridized carbons (Fsp3) is 0.394. The molecule has 4 aromatic rings. The minimum atomic E-state index is 0.0555. The van der Waals surface area contributed by atoms with E-state index in [1.54, 1.807) is 11.1 Å². The van der Waals surface area contributed by atoms with Gasteiger partial charge in [-0.15, -0.1) is 0 Å². The van der Waals surface area contributed by atoms with Gasteiger partial charge >= 0.3 is 0 Å². The second-order valence-corrected chi connectivity index (χ2v) is 10.7. The van der Waals surface area contributed by atoms with E-state index < -0.39 is 0 Å². The van der Waals surface area contributed by atoms with Crippen molar-refractivity contribution in [2.24, 2.45) is 5.92 Å². The predicted octanol–water partition coefficient (Wildman–Crippen LogP) is 7.93. The maximum Gasteiger partial charge on any atom is 0.253 e. The number of carbonyl (C=O) groups excluding carboxylic acids is 1. The van der Waals surface area contributed by atoms with Crippen LogP contribution in [0.5, 0.6) is 5.75 Å². The number of ether oxygens (including phenoxy) is 1. The number of amides is 1. The number of pyridine rings is 1. The number of aryl methyl sites for hydroxylation is 1. The number of anilines is 1. The number of aromatic nitrogens is 1. The maximum absolute atomic E-state index is 12.7. The molecule has 6 nitrogen and oxygen atoms in total. The van der Waals surface area contributed by atoms with E-state index in [0.717, 1.165) is 52.4 Å². The predicted molar refractivity (Wildman–Crippen MR) is 156 cm³/mol. The van der Waals surface area contributed by atoms with Crippen LogP contribution in [0.1, 0.15) is 78.9 Å². The summed E-state index contributed by atoms with van der Waals surface area (Å²) in [5.74, 6) is 2.33. The lowest BCUT2D eigenvalue weighted by Crippen LogP contribution is -2.27. The Bertz CT molecular complexity index is 1370. The molecule has 2 aromatic carbocycles. The van der Waals surface area contributed by atoms with Gasteiger partial charge in [0.1, 0.15) is 23.7 Å². The molecule has 1 fully saturated rings. The highest BCUT2D eigenvalue weighted by Gasteiger charge is 2.30. The van der Waals surface area contributed by atoms with Gasteiger partial charge in [0.05, 0.1) is 11.7 Å². The summed E-state index contributed by atoms with van der Waals surface area (Å²) in [7, 11) is 1.86. The van der Waals surface area contributed by atoms with Gasteiger partial charge in [0, 0.05) is 42.0 Å². The second-order valence-electron chi connectivity index (χ2n) is 10.7. The molecular formula is C33H39N3O3. The zero-order chi connectivity index (χ0) is 27.2. The summed E-state index contributed by atoms with van der Waals surface area (Å²) in [4.78, 5) is 18.8. The number of fused-ring (bicyclic) bond motifs is 1. The van der Waals surface area contributed by atoms with Gasteiger partial charge in [0.15, 0.2) is 0 Å². The van der Waals surface area contributed by atoms with Gasteiger partial charge in [-0.1, -0.05) is 32.3 Å². The normalized spacial score (nSPS) is 14.7. The van der Waals surface area contributed by atoms with Crippen LogP contribution in [0.3, 0.4) is 0 Å². The summed E-state index contributed by atoms with van der Waals surface area (Å²) < 4.78 is 12.6. The van der Waals surface area contributed by atoms with Crippen LogP contribution < -0.4 is 10.1 Å². The fourth-order valence-corrected chi connectivity index (χ4v) is 5.66. The van der Waals surface area contributed by atoms with E-state index in [0.29, 0.717) is 18.1 Å². The third-order valence-electron chi connectivity index (χ3n) is 7.82. The highest BCUT2D eigenvalue weighted by atomic mass is 16.5. The Kier molecular flexibility index (Phi) is 8.50. The Labute approximate surface area is 231 Å². The minimum absolute atomic E-state index is 0.0555. The number of rotatable bonds is 10. The molecule has 1 aliphatic carbocycles. The van der Waals surface area contributed by atoms with Crippen LogP contribution in [0.2, 0.25) is 0 Å². The van der Waals surface area contributed by atoms with Crippen molar-refractivity contribution in [1.29, 1.82) is 0 Å². The SMILES string of the molecule is CCCN(C)C(=O)c1ccc(NC(c2oc3ccc(OCc4ccccn4)cc3c2C)C2CCCCC2)cc1. The van der Waals surface area contributed by atoms with Gasteiger partial charge in [-0.25, -0.2) is 0 Å². The maximum atomic E-state index is 12.7. The van der Waals surface area contributed by atoms with Crippen LogP contribution in [0, 0.1) is 12.8 Å². The molecule has 1 atom stereocenters. The quantitative estimate of drug-likeness (QED) is 0.228. The zero-order valence-electron chi connectivity index (χ0n) is 23.3. The van der Waals surface area contributed by atoms with Gasteiger partial charge in [0.2, 0.25) is 0 Å². The number of hydrogen-bond acceptors (Lipinski definition) is 5. The Morgan fingerprint density at radius 1 is 1.10 bits per heavy atom. The molecule has 0 aliphatic heterocycles. The molecule has 204 valence electrons. The van der Waals surface area contributed by atoms with Gasteiger partial charge in [-0.2, -0.15) is 0 Å². The first-order valence-electron chi connectivity index (χ1n) is 14.2. The van der Waals surface area contributed by atoms with E-state index in [9.17, 15) is 4.79 Å². The monoisotopic (exact) mass is 525 g/mol. The molecule has 5 rings (SSSR count). The Morgan fingerprint density at radius 3 is 2.62 bits per heavy atom. The standard InChI is InChI=1S/C33H39N3O3/c1-4-20-36(3)33(37)25-13-15-26(16-14-25)35-31(24-10-6-5-7-11-24)32-23(2)29-21-28(17-18-30(29)39-32)38-22-27-12-8-9-19-34-27/h8-9,12-19,21,24,31,35H,4-7,10-11,20,22H2,1-3H3. The molecule has 1 amide bonds. The minimum Gasteiger partial charge on any atom is -0.487 e. The zero-order valence-corrected chi connectivity index (χ0v) is 23.3. The van der Waals surface area contributed by atoms with E-state index in [2.05, 4.69) is 30.2 Å². The van der Waals surface area contributed by atoms with Gasteiger partial charge in [-0.05, 0) is 86.7 Å². The first kappa shape index (κ1) is 26.8. The van der Waals surface area contributed by atoms with Crippen molar-refractivity contribution in [1.82, 2.24) is 9.88 Å². The molecule has 1 saturated carbocycles. The first-order chi connectivity index (χ1) is 19.0. The van der Waals surface area contributed by atoms with Crippen molar-refractivity contribution in [3.63, 3.8) is 0 Å². The summed E-state index contributed by atoms with van der Waals surface area (Å²) in [5, 5.41) is 4.87. The second kappa shape index (κ2) is 12.4. The lowest BCUT2D eigenvalue weighted by Gasteiger charge is -2.31. The van der Waals surface area contributed by atoms with E-state index in [4.69, 9.17) is 9.15 Å². The van der Waals surface area contributed by atoms with Gasteiger partial charge < -0.3 is 19.4 Å². The molecule has 1 unspecified atom stereocenters. The number of hydrogen-bond donors (Lipinski definition) is 1. The topological polar surface area (TPSA) is 67.6 Å². The average molecular weight is 526 g/mol. The first-order valence-corrected chi connectivity index (χ1v) is 14.2. The number of benzene rings is 2. The number of carbonyl (C=O) groups is 1. The van der Waals surface area contributed by atoms with Crippen LogP contribution in [0.25, 0.3) is 11.0 Å². The largest absolute Gasteiger partial charge is 0.487 e. The summed E-state index contributed by atoms with van der Waals surface area (Å²) in [6.07, 6.45) is 8.84. The Balaban J connectivity index is 1.39. The Hall–Kier alpha value is -3.80. The highest BCUT2D eigenvalue weighted by molar-refractivity contribution is 5.94. The summed E-state index contributed by atoms with van der Waals surface area (Å²) in [6, 6.07) is 19.8. The molecule has 6 heteroatoms. The van der Waals surface area contributed by atoms with Crippen molar-refractivity contribution in [2.75, 3.05) is 18.9 Å². The molecular weight excluding hydrogens is 486 g/mol. The molecule has 0 radical (unpaired) electrons. The van der Waals surface area contributed by atoms with Crippen molar-refractivity contribution in [3.05, 3.63) is 89.4 Å². The van der Waals surface area contributed by atoms with Gasteiger partial charge in [-0.3, -0.25) is 9.78 Å². The lowest BCUT2D eigenvalue weighted by molar-refractivity contribution is 0.0795. The van der Waals surface area contributed by atoms with Crippen LogP contribution in [0.4, 0.5) is 5.69 Å². The van der Waals surface area contributed by atoms with E-state index in [1.165, 1.54) is 32.1 Å². The smallest absolute Gasteiger partial charge is 0.253 e. The fourth-order valence-electron chi connectivity index (χ4n) is 5.66. The molecule has 2 aromatic heterocycles. The third-order valence-corrected chi connectivity index (χ3v) is 7.82. The van der Waals surface area contributed by atoms with Crippen molar-refractivity contribution >= 4 is 22.6 Å². The van der Waals surface area contributed by atoms with Crippen LogP contribution in [-0.4, -0.2) is 29.4 Å². The average Bonchev–Trinajstić information content (AvgIpc) is 3.31. The summed E-state index contributed by atoms with van der Waals surface area (Å²) in [6.45, 7) is 5.41. The van der Waals surface area contributed by atoms with E-state index in [-0.39, 0.29) is 11.9 Å². The number of nitrogens with zero attached hydrogens (tertiary/aromatic N) is 2. The molecule has 1 N–H and O–H groups in total. The molecule has 0 bridgehead atoms. The van der Waals surface area contributed by atoms with E-state index in [1.807, 2.05) is 61.6 Å². The molecule has 0 spiro atoms. The number of furan rings is 1. The molecule has 39 heavy (non-hydrogen) atoms. The highest BCUT2D eigenvalue weighted by Crippen LogP contribution is 2.41. The van der Waals surface area contributed by atoms with Crippen molar-refractivity contribution < 1.29 is 13.9 Å². The van der Waals surface area contributed by atoms with E-state index >= 15 is 0 Å². The Morgan fingerprint density at radius 2 is 1.90 bits per heavy atom. The van der Waals surface area contributed by atoms with Crippen LogP contribution in [-0.2, 0) is 6.61 Å². The summed E-state index contributed by atoms with van der Waals surface area (Å²) in [5.41, 5.74) is 4.62. The van der Waals surface area contributed by atoms with Gasteiger partial charge in [0.25, 0.3) is 5.91 Å². The molecule has 2 heterocycles. The van der Waals surface area contributed by atoms with Crippen molar-refractivity contribution in [2.45, 2.75) is 65.0 Å². The molecule has 0 saturated heterocycles. The molecule has 1 aliphatic rings. The lowest BCUT2D eigenvalue weighted by atomic mass is 9.82. The summed E-state index contributed by atoms with van der Waals surface area (Å²) >= 11 is 0. The third kappa shape index (κ3) is 6.27. The van der Waals surface area contributed by atoms with Crippen molar-refractivity contribution in [3.8, 4) is 5.75 Å². The van der Waals surface area contributed by atoms with Crippen LogP contribution >= 0.6 is 0 Å². The number of nitrogens with one attached hydrogen (secondary N) is 1.